The summed E-state index contributed by atoms with van der Waals surface area (Å²) in [7, 11) is 1.48. The van der Waals surface area contributed by atoms with Gasteiger partial charge < -0.3 is 23.7 Å². The van der Waals surface area contributed by atoms with Gasteiger partial charge in [0, 0.05) is 35.5 Å². The molecule has 15 atom stereocenters. The van der Waals surface area contributed by atoms with Gasteiger partial charge in [-0.25, -0.2) is 0 Å². The maximum atomic E-state index is 14.0. The van der Waals surface area contributed by atoms with Crippen molar-refractivity contribution in [2.75, 3.05) is 33.5 Å². The van der Waals surface area contributed by atoms with E-state index in [0.29, 0.717) is 48.6 Å². The van der Waals surface area contributed by atoms with Gasteiger partial charge in [-0.2, -0.15) is 0 Å². The highest BCUT2D eigenvalue weighted by molar-refractivity contribution is 5.98. The third-order valence-corrected chi connectivity index (χ3v) is 19.4. The van der Waals surface area contributed by atoms with E-state index >= 15 is 0 Å². The number of Topliss-reactive ketones (excluding diaryl/α,β-unsaturated/α-hetero) is 2. The third-order valence-electron chi connectivity index (χ3n) is 19.4. The van der Waals surface area contributed by atoms with Crippen LogP contribution in [0.4, 0.5) is 0 Å². The van der Waals surface area contributed by atoms with E-state index in [4.69, 9.17) is 23.7 Å². The first-order valence-corrected chi connectivity index (χ1v) is 19.2. The molecule has 0 N–H and O–H groups in total. The van der Waals surface area contributed by atoms with Gasteiger partial charge in [0.1, 0.15) is 24.8 Å². The van der Waals surface area contributed by atoms with Gasteiger partial charge in [0.25, 0.3) is 0 Å². The fraction of sp³-hybridized carbons (Fsp3) is 0.872. The molecule has 15 unspecified atom stereocenters. The first kappa shape index (κ1) is 28.3. The van der Waals surface area contributed by atoms with Crippen molar-refractivity contribution in [2.45, 2.75) is 82.8 Å². The molecule has 0 aromatic heterocycles. The smallest absolute Gasteiger partial charge is 0.312 e. The van der Waals surface area contributed by atoms with Crippen molar-refractivity contribution in [1.29, 1.82) is 0 Å². The Labute approximate surface area is 284 Å². The van der Waals surface area contributed by atoms with Crippen LogP contribution in [0.25, 0.3) is 0 Å². The van der Waals surface area contributed by atoms with Crippen LogP contribution in [0.1, 0.15) is 77.0 Å². The minimum atomic E-state index is -0.870. The fourth-order valence-electron chi connectivity index (χ4n) is 17.6. The van der Waals surface area contributed by atoms with E-state index in [1.807, 2.05) is 0 Å². The van der Waals surface area contributed by atoms with Crippen molar-refractivity contribution in [3.63, 3.8) is 0 Å². The lowest BCUT2D eigenvalue weighted by Crippen LogP contribution is -2.79. The number of hydrogen-bond acceptors (Lipinski definition) is 10. The Kier molecular flexibility index (Phi) is 4.45. The molecular weight excluding hydrogens is 628 g/mol. The zero-order valence-corrected chi connectivity index (χ0v) is 28.1. The van der Waals surface area contributed by atoms with Crippen LogP contribution in [-0.4, -0.2) is 68.8 Å². The van der Waals surface area contributed by atoms with Gasteiger partial charge in [-0.3, -0.25) is 24.0 Å². The van der Waals surface area contributed by atoms with Crippen LogP contribution in [0.3, 0.4) is 0 Å². The number of carbonyl (C=O) groups is 5. The summed E-state index contributed by atoms with van der Waals surface area (Å²) in [4.78, 5) is 66.5. The number of ketones is 2. The molecule has 0 radical (unpaired) electrons. The second kappa shape index (κ2) is 7.72. The molecule has 4 spiro atoms. The first-order valence-electron chi connectivity index (χ1n) is 19.2. The summed E-state index contributed by atoms with van der Waals surface area (Å²) < 4.78 is 31.5. The number of hydrogen-bond donors (Lipinski definition) is 0. The van der Waals surface area contributed by atoms with E-state index in [-0.39, 0.29) is 96.1 Å². The number of esters is 3. The lowest BCUT2D eigenvalue weighted by atomic mass is 9.35. The van der Waals surface area contributed by atoms with Crippen LogP contribution in [0.5, 0.6) is 0 Å². The average molecular weight is 673 g/mol. The molecule has 1 saturated heterocycles. The molecule has 0 aromatic rings. The minimum absolute atomic E-state index is 0.0224. The number of methoxy groups -OCH3 is 1. The first-order chi connectivity index (χ1) is 23.5. The van der Waals surface area contributed by atoms with Crippen molar-refractivity contribution >= 4 is 29.5 Å². The standard InChI is InChI=1S/C39H44O10/c1-45-29(42)35-7-20-4-25-38(20,13-35)26(10-35)39(25)48-16-32(17-49-39,14-46-30(43)33-5-18-2-21-27(40)23(8-33)36(18,21)11-33)15-47-31(44)34-6-19-3-22-28(41)24(9-34)37(19,22)12-34/h18-26H,2-17H2,1H3. The second-order valence-corrected chi connectivity index (χ2v) is 20.3. The highest BCUT2D eigenvalue weighted by atomic mass is 16.7. The molecule has 0 amide bonds. The Bertz CT molecular complexity index is 1680. The van der Waals surface area contributed by atoms with Crippen LogP contribution in [0.15, 0.2) is 0 Å². The van der Waals surface area contributed by atoms with Crippen molar-refractivity contribution in [2.24, 2.45) is 91.2 Å². The van der Waals surface area contributed by atoms with E-state index < -0.39 is 27.4 Å². The summed E-state index contributed by atoms with van der Waals surface area (Å²) in [6, 6.07) is 0. The molecule has 1 aliphatic heterocycles. The molecule has 6 bridgehead atoms. The molecule has 49 heavy (non-hydrogen) atoms. The van der Waals surface area contributed by atoms with Gasteiger partial charge in [0.15, 0.2) is 5.79 Å². The lowest BCUT2D eigenvalue weighted by molar-refractivity contribution is -0.466. The number of fused-ring (bicyclic) bond motifs is 5. The largest absolute Gasteiger partial charge is 0.469 e. The van der Waals surface area contributed by atoms with E-state index in [0.717, 1.165) is 57.8 Å². The minimum Gasteiger partial charge on any atom is -0.469 e. The Balaban J connectivity index is 0.761. The summed E-state index contributed by atoms with van der Waals surface area (Å²) in [5, 5.41) is 0. The SMILES string of the molecule is COC(=O)C12CC3CC4C5(OCC(COC(=O)C67CC8CC9C(=O)C(C6)C89C7)(COC(=O)C67CC8CC9C(=O)C(C6)C89C7)CO5)C(C1)C34C2. The van der Waals surface area contributed by atoms with E-state index in [1.54, 1.807) is 0 Å². The Hall–Kier alpha value is -2.33. The van der Waals surface area contributed by atoms with E-state index in [1.165, 1.54) is 7.11 Å². The molecule has 10 nitrogen and oxygen atoms in total. The monoisotopic (exact) mass is 672 g/mol. The topological polar surface area (TPSA) is 132 Å². The number of carbonyl (C=O) groups excluding carboxylic acids is 5. The van der Waals surface area contributed by atoms with Crippen LogP contribution in [-0.2, 0) is 47.7 Å². The maximum absolute atomic E-state index is 14.0. The molecule has 13 aliphatic rings. The van der Waals surface area contributed by atoms with Crippen molar-refractivity contribution in [3.8, 4) is 0 Å². The summed E-state index contributed by atoms with van der Waals surface area (Å²) in [5.41, 5.74) is -2.31. The fourth-order valence-corrected chi connectivity index (χ4v) is 17.6. The normalized spacial score (nSPS) is 62.8. The second-order valence-electron chi connectivity index (χ2n) is 20.3. The number of ether oxygens (including phenoxy) is 5. The van der Waals surface area contributed by atoms with Crippen LogP contribution in [0.2, 0.25) is 0 Å². The van der Waals surface area contributed by atoms with Crippen LogP contribution < -0.4 is 0 Å². The van der Waals surface area contributed by atoms with Gasteiger partial charge in [0.2, 0.25) is 0 Å². The van der Waals surface area contributed by atoms with Gasteiger partial charge in [0.05, 0.1) is 42.0 Å². The zero-order chi connectivity index (χ0) is 32.9. The average Bonchev–Trinajstić information content (AvgIpc) is 3.89. The van der Waals surface area contributed by atoms with Crippen molar-refractivity contribution < 1.29 is 47.7 Å². The molecule has 12 saturated carbocycles. The lowest BCUT2D eigenvalue weighted by Gasteiger charge is -2.76. The van der Waals surface area contributed by atoms with Crippen molar-refractivity contribution in [1.82, 2.24) is 0 Å². The van der Waals surface area contributed by atoms with Crippen LogP contribution >= 0.6 is 0 Å². The van der Waals surface area contributed by atoms with Gasteiger partial charge >= 0.3 is 17.9 Å². The molecule has 260 valence electrons. The molecule has 10 heteroatoms. The summed E-state index contributed by atoms with van der Waals surface area (Å²) in [6.45, 7) is 0.513. The Morgan fingerprint density at radius 3 is 1.61 bits per heavy atom. The van der Waals surface area contributed by atoms with Gasteiger partial charge in [-0.05, 0) is 111 Å². The quantitative estimate of drug-likeness (QED) is 0.293. The third kappa shape index (κ3) is 2.53. The maximum Gasteiger partial charge on any atom is 0.312 e. The molecule has 1 heterocycles. The van der Waals surface area contributed by atoms with E-state index in [2.05, 4.69) is 0 Å². The predicted octanol–water partition coefficient (Wildman–Crippen LogP) is 3.42. The Morgan fingerprint density at radius 2 is 1.10 bits per heavy atom. The van der Waals surface area contributed by atoms with Gasteiger partial charge in [-0.15, -0.1) is 0 Å². The van der Waals surface area contributed by atoms with Crippen molar-refractivity contribution in [3.05, 3.63) is 0 Å². The summed E-state index contributed by atoms with van der Waals surface area (Å²) in [5.74, 6) is 1.52. The molecule has 0 aromatic carbocycles. The van der Waals surface area contributed by atoms with E-state index in [9.17, 15) is 24.0 Å². The zero-order valence-electron chi connectivity index (χ0n) is 28.1. The molecular formula is C39H44O10. The summed E-state index contributed by atoms with van der Waals surface area (Å²) >= 11 is 0. The summed E-state index contributed by atoms with van der Waals surface area (Å²) in [6.07, 6.45) is 9.65. The van der Waals surface area contributed by atoms with Crippen LogP contribution in [0, 0.1) is 91.2 Å². The predicted molar refractivity (Wildman–Crippen MR) is 162 cm³/mol. The number of rotatable bonds is 7. The molecule has 13 fully saturated rings. The highest BCUT2D eigenvalue weighted by Crippen LogP contribution is 2.89. The molecule has 12 aliphatic carbocycles. The Morgan fingerprint density at radius 1 is 0.612 bits per heavy atom. The highest BCUT2D eigenvalue weighted by Gasteiger charge is 2.90. The molecule has 13 rings (SSSR count). The van der Waals surface area contributed by atoms with Gasteiger partial charge in [-0.1, -0.05) is 0 Å².